The molecule has 0 amide bonds. The van der Waals surface area contributed by atoms with Gasteiger partial charge < -0.3 is 0 Å². The summed E-state index contributed by atoms with van der Waals surface area (Å²) in [4.78, 5) is 10.9. The minimum atomic E-state index is -0.0272. The van der Waals surface area contributed by atoms with Crippen molar-refractivity contribution in [3.63, 3.8) is 0 Å². The molecule has 2 heteroatoms. The van der Waals surface area contributed by atoms with Gasteiger partial charge in [-0.25, -0.2) is 0 Å². The molecule has 0 spiro atoms. The summed E-state index contributed by atoms with van der Waals surface area (Å²) >= 11 is 0. The Morgan fingerprint density at radius 2 is 1.82 bits per heavy atom. The van der Waals surface area contributed by atoms with Gasteiger partial charge in [-0.3, -0.25) is 4.79 Å². The topological polar surface area (TPSA) is 17.1 Å². The summed E-state index contributed by atoms with van der Waals surface area (Å²) in [5.41, 5.74) is 0.692. The van der Waals surface area contributed by atoms with Gasteiger partial charge in [0.1, 0.15) is 0 Å². The standard InChI is InChI=1S/C9H8O.Eu/c1-2-9(10)8-6-4-3-5-7-8;/h2-7H,1H2;. The first-order chi connectivity index (χ1) is 4.84. The van der Waals surface area contributed by atoms with Gasteiger partial charge in [0.25, 0.3) is 0 Å². The summed E-state index contributed by atoms with van der Waals surface area (Å²) in [6, 6.07) is 9.07. The third kappa shape index (κ3) is 3.41. The average molecular weight is 284 g/mol. The van der Waals surface area contributed by atoms with Crippen LogP contribution in [0.2, 0.25) is 0 Å². The van der Waals surface area contributed by atoms with Crippen LogP contribution in [-0.2, 0) is 0 Å². The Hall–Kier alpha value is 0.214. The maximum Gasteiger partial charge on any atom is 0.185 e. The van der Waals surface area contributed by atoms with Crippen molar-refractivity contribution in [2.45, 2.75) is 0 Å². The van der Waals surface area contributed by atoms with E-state index in [1.54, 1.807) is 12.1 Å². The molecule has 1 nitrogen and oxygen atoms in total. The number of carbonyl (C=O) groups is 1. The van der Waals surface area contributed by atoms with Crippen LogP contribution in [0.3, 0.4) is 0 Å². The monoisotopic (exact) mass is 285 g/mol. The minimum absolute atomic E-state index is 0. The molecule has 0 aromatic heterocycles. The number of allylic oxidation sites excluding steroid dienone is 1. The van der Waals surface area contributed by atoms with Gasteiger partial charge in [-0.2, -0.15) is 0 Å². The predicted octanol–water partition coefficient (Wildman–Crippen LogP) is 2.06. The van der Waals surface area contributed by atoms with E-state index in [-0.39, 0.29) is 55.2 Å². The van der Waals surface area contributed by atoms with Gasteiger partial charge in [0.15, 0.2) is 5.78 Å². The van der Waals surface area contributed by atoms with E-state index in [0.29, 0.717) is 5.56 Å². The molecule has 0 aliphatic carbocycles. The van der Waals surface area contributed by atoms with Crippen LogP contribution in [0.15, 0.2) is 43.0 Å². The molecule has 0 saturated carbocycles. The summed E-state index contributed by atoms with van der Waals surface area (Å²) in [7, 11) is 0. The second kappa shape index (κ2) is 5.81. The fraction of sp³-hybridized carbons (Fsp3) is 0. The van der Waals surface area contributed by atoms with Gasteiger partial charge in [-0.15, -0.1) is 0 Å². The molecule has 0 aliphatic heterocycles. The molecule has 1 aromatic rings. The van der Waals surface area contributed by atoms with Crippen molar-refractivity contribution < 1.29 is 54.2 Å². The van der Waals surface area contributed by atoms with E-state index in [2.05, 4.69) is 6.58 Å². The number of rotatable bonds is 2. The SMILES string of the molecule is C=CC(=O)c1ccccc1.[Eu]. The Labute approximate surface area is 107 Å². The summed E-state index contributed by atoms with van der Waals surface area (Å²) in [6.45, 7) is 3.39. The van der Waals surface area contributed by atoms with Crippen molar-refractivity contribution in [2.75, 3.05) is 0 Å². The molecule has 11 heavy (non-hydrogen) atoms. The van der Waals surface area contributed by atoms with Crippen LogP contribution in [0.5, 0.6) is 0 Å². The number of carbonyl (C=O) groups excluding carboxylic acids is 1. The minimum Gasteiger partial charge on any atom is -0.289 e. The molecule has 1 radical (unpaired) electrons. The van der Waals surface area contributed by atoms with Crippen LogP contribution >= 0.6 is 0 Å². The third-order valence-corrected chi connectivity index (χ3v) is 1.24. The summed E-state index contributed by atoms with van der Waals surface area (Å²) in [5.74, 6) is -0.0272. The summed E-state index contributed by atoms with van der Waals surface area (Å²) in [6.07, 6.45) is 1.31. The Morgan fingerprint density at radius 1 is 1.27 bits per heavy atom. The van der Waals surface area contributed by atoms with Crippen molar-refractivity contribution in [2.24, 2.45) is 0 Å². The number of hydrogen-bond acceptors (Lipinski definition) is 1. The van der Waals surface area contributed by atoms with Crippen LogP contribution in [0.1, 0.15) is 10.4 Å². The number of benzene rings is 1. The van der Waals surface area contributed by atoms with Crippen LogP contribution in [0.4, 0.5) is 0 Å². The molecule has 0 unspecified atom stereocenters. The van der Waals surface area contributed by atoms with Gasteiger partial charge in [0, 0.05) is 54.9 Å². The largest absolute Gasteiger partial charge is 0.289 e. The average Bonchev–Trinajstić information content (AvgIpc) is 2.05. The van der Waals surface area contributed by atoms with Gasteiger partial charge in [0.05, 0.1) is 0 Å². The van der Waals surface area contributed by atoms with E-state index in [1.807, 2.05) is 18.2 Å². The maximum absolute atomic E-state index is 10.9. The van der Waals surface area contributed by atoms with Crippen LogP contribution in [0.25, 0.3) is 0 Å². The molecule has 0 atom stereocenters. The van der Waals surface area contributed by atoms with Gasteiger partial charge in [-0.1, -0.05) is 36.9 Å². The van der Waals surface area contributed by atoms with E-state index in [1.165, 1.54) is 6.08 Å². The zero-order chi connectivity index (χ0) is 7.40. The molecule has 0 N–H and O–H groups in total. The maximum atomic E-state index is 10.9. The Balaban J connectivity index is 0.000001000. The van der Waals surface area contributed by atoms with E-state index in [9.17, 15) is 4.79 Å². The first-order valence-corrected chi connectivity index (χ1v) is 3.06. The number of ketones is 1. The molecule has 0 fully saturated rings. The van der Waals surface area contributed by atoms with E-state index in [4.69, 9.17) is 0 Å². The van der Waals surface area contributed by atoms with E-state index in [0.717, 1.165) is 0 Å². The van der Waals surface area contributed by atoms with Gasteiger partial charge >= 0.3 is 0 Å². The number of hydrogen-bond donors (Lipinski definition) is 0. The van der Waals surface area contributed by atoms with Crippen LogP contribution in [-0.4, -0.2) is 5.78 Å². The molecule has 0 aliphatic rings. The molecule has 0 bridgehead atoms. The van der Waals surface area contributed by atoms with Crippen LogP contribution in [0, 0.1) is 49.4 Å². The van der Waals surface area contributed by atoms with Crippen molar-refractivity contribution in [1.29, 1.82) is 0 Å². The zero-order valence-electron chi connectivity index (χ0n) is 5.96. The molecular formula is C9H8EuO. The Bertz CT molecular complexity index is 241. The van der Waals surface area contributed by atoms with E-state index >= 15 is 0 Å². The first kappa shape index (κ1) is 11.2. The van der Waals surface area contributed by atoms with E-state index < -0.39 is 0 Å². The second-order valence-electron chi connectivity index (χ2n) is 1.93. The molecule has 1 aromatic carbocycles. The molecule has 1 rings (SSSR count). The third-order valence-electron chi connectivity index (χ3n) is 1.24. The Kier molecular flexibility index (Phi) is 5.93. The van der Waals surface area contributed by atoms with Crippen molar-refractivity contribution in [3.05, 3.63) is 48.6 Å². The molecule has 0 heterocycles. The van der Waals surface area contributed by atoms with Crippen molar-refractivity contribution >= 4 is 5.78 Å². The van der Waals surface area contributed by atoms with Crippen molar-refractivity contribution in [3.8, 4) is 0 Å². The summed E-state index contributed by atoms with van der Waals surface area (Å²) in [5, 5.41) is 0. The fourth-order valence-corrected chi connectivity index (χ4v) is 0.720. The summed E-state index contributed by atoms with van der Waals surface area (Å²) < 4.78 is 0. The smallest absolute Gasteiger partial charge is 0.185 e. The normalized spacial score (nSPS) is 8.00. The molecular weight excluding hydrogens is 276 g/mol. The predicted molar refractivity (Wildman–Crippen MR) is 41.0 cm³/mol. The molecule has 57 valence electrons. The van der Waals surface area contributed by atoms with Gasteiger partial charge in [-0.05, 0) is 6.08 Å². The Morgan fingerprint density at radius 3 is 2.27 bits per heavy atom. The van der Waals surface area contributed by atoms with Gasteiger partial charge in [0.2, 0.25) is 0 Å². The first-order valence-electron chi connectivity index (χ1n) is 3.06. The van der Waals surface area contributed by atoms with Crippen molar-refractivity contribution in [1.82, 2.24) is 0 Å². The quantitative estimate of drug-likeness (QED) is 0.600. The second-order valence-corrected chi connectivity index (χ2v) is 1.93. The molecule has 0 saturated heterocycles. The fourth-order valence-electron chi connectivity index (χ4n) is 0.720. The van der Waals surface area contributed by atoms with Crippen LogP contribution < -0.4 is 0 Å². The zero-order valence-corrected chi connectivity index (χ0v) is 8.38.